The molecule has 1 amide bonds. The zero-order chi connectivity index (χ0) is 13.1. The Balaban J connectivity index is 2.95. The molecule has 1 aromatic rings. The minimum Gasteiger partial charge on any atom is -0.316 e. The second-order valence-electron chi connectivity index (χ2n) is 4.02. The van der Waals surface area contributed by atoms with Gasteiger partial charge in [-0.1, -0.05) is 12.1 Å². The van der Waals surface area contributed by atoms with E-state index in [1.165, 1.54) is 11.5 Å². The summed E-state index contributed by atoms with van der Waals surface area (Å²) >= 11 is 3.98. The molecule has 1 aromatic carbocycles. The van der Waals surface area contributed by atoms with Gasteiger partial charge in [0, 0.05) is 12.2 Å². The van der Waals surface area contributed by atoms with E-state index in [9.17, 15) is 9.18 Å². The highest BCUT2D eigenvalue weighted by atomic mass is 32.1. The van der Waals surface area contributed by atoms with Crippen molar-refractivity contribution in [2.45, 2.75) is 18.9 Å². The smallest absolute Gasteiger partial charge is 0.264 e. The van der Waals surface area contributed by atoms with Crippen LogP contribution in [0, 0.1) is 12.7 Å². The summed E-state index contributed by atoms with van der Waals surface area (Å²) in [6.07, 6.45) is 0.0973. The minimum atomic E-state index is -1.36. The molecule has 0 saturated heterocycles. The largest absolute Gasteiger partial charge is 0.316 e. The SMILES string of the molecule is Cc1ccc(C[C@](N)(CS)C(=O)NO)cc1F. The summed E-state index contributed by atoms with van der Waals surface area (Å²) in [5.74, 6) is -1.06. The summed E-state index contributed by atoms with van der Waals surface area (Å²) in [4.78, 5) is 11.4. The van der Waals surface area contributed by atoms with Crippen molar-refractivity contribution in [3.63, 3.8) is 0 Å². The van der Waals surface area contributed by atoms with Crippen molar-refractivity contribution in [2.75, 3.05) is 5.75 Å². The van der Waals surface area contributed by atoms with E-state index in [0.29, 0.717) is 11.1 Å². The van der Waals surface area contributed by atoms with Crippen LogP contribution < -0.4 is 11.2 Å². The van der Waals surface area contributed by atoms with Crippen LogP contribution in [0.5, 0.6) is 0 Å². The Labute approximate surface area is 104 Å². The number of hydrogen-bond donors (Lipinski definition) is 4. The van der Waals surface area contributed by atoms with Gasteiger partial charge in [-0.05, 0) is 24.1 Å². The van der Waals surface area contributed by atoms with Crippen LogP contribution in [-0.2, 0) is 11.2 Å². The van der Waals surface area contributed by atoms with E-state index in [4.69, 9.17) is 10.9 Å². The first-order chi connectivity index (χ1) is 7.92. The number of carbonyl (C=O) groups excluding carboxylic acids is 1. The molecule has 17 heavy (non-hydrogen) atoms. The number of nitrogens with one attached hydrogen (secondary N) is 1. The molecule has 0 aliphatic heterocycles. The minimum absolute atomic E-state index is 0.0366. The van der Waals surface area contributed by atoms with Crippen LogP contribution in [0.2, 0.25) is 0 Å². The third kappa shape index (κ3) is 3.18. The molecule has 4 nitrogen and oxygen atoms in total. The molecule has 1 atom stereocenters. The number of carbonyl (C=O) groups is 1. The lowest BCUT2D eigenvalue weighted by atomic mass is 9.92. The first kappa shape index (κ1) is 14.0. The highest BCUT2D eigenvalue weighted by Gasteiger charge is 2.32. The second kappa shape index (κ2) is 5.48. The van der Waals surface area contributed by atoms with Crippen LogP contribution >= 0.6 is 12.6 Å². The molecule has 94 valence electrons. The lowest BCUT2D eigenvalue weighted by Gasteiger charge is -2.25. The van der Waals surface area contributed by atoms with Gasteiger partial charge in [-0.3, -0.25) is 10.0 Å². The summed E-state index contributed by atoms with van der Waals surface area (Å²) in [7, 11) is 0. The molecule has 0 radical (unpaired) electrons. The summed E-state index contributed by atoms with van der Waals surface area (Å²) < 4.78 is 13.3. The van der Waals surface area contributed by atoms with Crippen LogP contribution in [-0.4, -0.2) is 22.4 Å². The Morgan fingerprint density at radius 2 is 2.29 bits per heavy atom. The van der Waals surface area contributed by atoms with Crippen molar-refractivity contribution in [1.82, 2.24) is 5.48 Å². The fraction of sp³-hybridized carbons (Fsp3) is 0.364. The van der Waals surface area contributed by atoms with Gasteiger partial charge in [0.15, 0.2) is 0 Å². The summed E-state index contributed by atoms with van der Waals surface area (Å²) in [6.45, 7) is 1.65. The number of hydroxylamine groups is 1. The van der Waals surface area contributed by atoms with Crippen molar-refractivity contribution < 1.29 is 14.4 Å². The molecule has 0 aliphatic rings. The fourth-order valence-electron chi connectivity index (χ4n) is 1.43. The third-order valence-corrected chi connectivity index (χ3v) is 3.16. The Morgan fingerprint density at radius 3 is 2.76 bits per heavy atom. The van der Waals surface area contributed by atoms with Gasteiger partial charge in [0.2, 0.25) is 0 Å². The van der Waals surface area contributed by atoms with E-state index in [-0.39, 0.29) is 18.0 Å². The van der Waals surface area contributed by atoms with Crippen molar-refractivity contribution in [1.29, 1.82) is 0 Å². The zero-order valence-corrected chi connectivity index (χ0v) is 10.3. The van der Waals surface area contributed by atoms with Gasteiger partial charge >= 0.3 is 0 Å². The van der Waals surface area contributed by atoms with E-state index in [0.717, 1.165) is 0 Å². The molecule has 0 heterocycles. The molecular formula is C11H15FN2O2S. The number of amides is 1. The van der Waals surface area contributed by atoms with Crippen molar-refractivity contribution in [3.05, 3.63) is 35.1 Å². The number of hydrogen-bond acceptors (Lipinski definition) is 4. The number of benzene rings is 1. The molecule has 0 aliphatic carbocycles. The number of aryl methyl sites for hydroxylation is 1. The molecule has 0 spiro atoms. The fourth-order valence-corrected chi connectivity index (χ4v) is 1.69. The van der Waals surface area contributed by atoms with Crippen molar-refractivity contribution >= 4 is 18.5 Å². The maximum atomic E-state index is 13.3. The van der Waals surface area contributed by atoms with E-state index in [2.05, 4.69) is 12.6 Å². The molecule has 0 bridgehead atoms. The lowest BCUT2D eigenvalue weighted by Crippen LogP contribution is -2.56. The van der Waals surface area contributed by atoms with Crippen LogP contribution in [0.4, 0.5) is 4.39 Å². The van der Waals surface area contributed by atoms with Gasteiger partial charge in [-0.2, -0.15) is 12.6 Å². The number of rotatable bonds is 4. The van der Waals surface area contributed by atoms with Crippen LogP contribution in [0.3, 0.4) is 0 Å². The first-order valence-electron chi connectivity index (χ1n) is 5.02. The van der Waals surface area contributed by atoms with Gasteiger partial charge in [-0.15, -0.1) is 0 Å². The van der Waals surface area contributed by atoms with E-state index >= 15 is 0 Å². The number of thiol groups is 1. The Kier molecular flexibility index (Phi) is 4.50. The molecule has 0 unspecified atom stereocenters. The maximum Gasteiger partial charge on any atom is 0.264 e. The Hall–Kier alpha value is -1.11. The molecule has 4 N–H and O–H groups in total. The van der Waals surface area contributed by atoms with Crippen molar-refractivity contribution in [3.8, 4) is 0 Å². The second-order valence-corrected chi connectivity index (χ2v) is 4.33. The van der Waals surface area contributed by atoms with Crippen LogP contribution in [0.25, 0.3) is 0 Å². The highest BCUT2D eigenvalue weighted by molar-refractivity contribution is 7.80. The van der Waals surface area contributed by atoms with Gasteiger partial charge < -0.3 is 5.73 Å². The predicted molar refractivity (Wildman–Crippen MR) is 65.5 cm³/mol. The maximum absolute atomic E-state index is 13.3. The number of nitrogens with two attached hydrogens (primary N) is 1. The standard InChI is InChI=1S/C11H15FN2O2S/c1-7-2-3-8(4-9(7)12)5-11(13,6-17)10(15)14-16/h2-4,16-17H,5-6,13H2,1H3,(H,14,15)/t11-/m0/s1. The molecular weight excluding hydrogens is 243 g/mol. The summed E-state index contributed by atoms with van der Waals surface area (Å²) in [5.41, 5.74) is 7.03. The molecule has 0 fully saturated rings. The topological polar surface area (TPSA) is 75.4 Å². The van der Waals surface area contributed by atoms with Crippen LogP contribution in [0.15, 0.2) is 18.2 Å². The molecule has 0 aromatic heterocycles. The molecule has 1 rings (SSSR count). The van der Waals surface area contributed by atoms with Crippen LogP contribution in [0.1, 0.15) is 11.1 Å². The van der Waals surface area contributed by atoms with E-state index in [1.54, 1.807) is 19.1 Å². The predicted octanol–water partition coefficient (Wildman–Crippen LogP) is 0.809. The summed E-state index contributed by atoms with van der Waals surface area (Å²) in [6, 6.07) is 4.62. The molecule has 0 saturated carbocycles. The van der Waals surface area contributed by atoms with E-state index < -0.39 is 11.4 Å². The Morgan fingerprint density at radius 1 is 1.65 bits per heavy atom. The average molecular weight is 258 g/mol. The first-order valence-corrected chi connectivity index (χ1v) is 5.65. The quantitative estimate of drug-likeness (QED) is 0.367. The highest BCUT2D eigenvalue weighted by Crippen LogP contribution is 2.16. The molecule has 6 heteroatoms. The summed E-state index contributed by atoms with van der Waals surface area (Å²) in [5, 5.41) is 8.59. The third-order valence-electron chi connectivity index (χ3n) is 2.59. The van der Waals surface area contributed by atoms with Gasteiger partial charge in [0.05, 0.1) is 0 Å². The average Bonchev–Trinajstić information content (AvgIpc) is 2.32. The zero-order valence-electron chi connectivity index (χ0n) is 9.40. The van der Waals surface area contributed by atoms with E-state index in [1.807, 2.05) is 0 Å². The van der Waals surface area contributed by atoms with Gasteiger partial charge in [0.1, 0.15) is 11.4 Å². The number of halogens is 1. The van der Waals surface area contributed by atoms with Crippen molar-refractivity contribution in [2.24, 2.45) is 5.73 Å². The van der Waals surface area contributed by atoms with Gasteiger partial charge in [-0.25, -0.2) is 9.87 Å². The normalized spacial score (nSPS) is 14.2. The van der Waals surface area contributed by atoms with Gasteiger partial charge in [0.25, 0.3) is 5.91 Å². The lowest BCUT2D eigenvalue weighted by molar-refractivity contribution is -0.134. The Bertz CT molecular complexity index is 428. The monoisotopic (exact) mass is 258 g/mol.